The van der Waals surface area contributed by atoms with Crippen molar-refractivity contribution in [3.8, 4) is 11.5 Å². The van der Waals surface area contributed by atoms with E-state index in [0.29, 0.717) is 13.1 Å². The maximum absolute atomic E-state index is 13.3. The van der Waals surface area contributed by atoms with Gasteiger partial charge in [-0.25, -0.2) is 0 Å². The van der Waals surface area contributed by atoms with Gasteiger partial charge in [0.2, 0.25) is 11.9 Å². The number of rotatable bonds is 10. The van der Waals surface area contributed by atoms with Gasteiger partial charge in [0.05, 0.1) is 19.1 Å². The molecular weight excluding hydrogens is 500 g/mol. The predicted molar refractivity (Wildman–Crippen MR) is 138 cm³/mol. The number of hydrogen-bond acceptors (Lipinski definition) is 9. The van der Waals surface area contributed by atoms with Gasteiger partial charge in [-0.3, -0.25) is 14.9 Å². The summed E-state index contributed by atoms with van der Waals surface area (Å²) in [5, 5.41) is 21.7. The summed E-state index contributed by atoms with van der Waals surface area (Å²) < 4.78 is 11.4. The van der Waals surface area contributed by atoms with Crippen LogP contribution in [0.4, 0.5) is 17.6 Å². The lowest BCUT2D eigenvalue weighted by atomic mass is 10.2. The van der Waals surface area contributed by atoms with Crippen LogP contribution in [0.25, 0.3) is 0 Å². The lowest BCUT2D eigenvalue weighted by Gasteiger charge is -2.08. The summed E-state index contributed by atoms with van der Waals surface area (Å²) in [6, 6.07) is 18.7. The van der Waals surface area contributed by atoms with E-state index in [-0.39, 0.29) is 28.2 Å². The highest BCUT2D eigenvalue weighted by molar-refractivity contribution is 6.32. The minimum Gasteiger partial charge on any atom is -0.497 e. The summed E-state index contributed by atoms with van der Waals surface area (Å²) in [5.74, 6) is 1.21. The molecule has 12 heteroatoms. The van der Waals surface area contributed by atoms with Gasteiger partial charge in [0.25, 0.3) is 11.6 Å². The van der Waals surface area contributed by atoms with Gasteiger partial charge in [-0.05, 0) is 47.5 Å². The van der Waals surface area contributed by atoms with E-state index in [0.717, 1.165) is 33.4 Å². The van der Waals surface area contributed by atoms with Gasteiger partial charge in [0.15, 0.2) is 0 Å². The van der Waals surface area contributed by atoms with Crippen molar-refractivity contribution < 1.29 is 19.2 Å². The Kier molecular flexibility index (Phi) is 7.84. The highest BCUT2D eigenvalue weighted by Gasteiger charge is 2.22. The summed E-state index contributed by atoms with van der Waals surface area (Å²) in [6.07, 6.45) is 0. The van der Waals surface area contributed by atoms with Crippen LogP contribution in [0, 0.1) is 10.1 Å². The van der Waals surface area contributed by atoms with E-state index >= 15 is 0 Å². The zero-order valence-corrected chi connectivity index (χ0v) is 20.7. The number of carbonyl (C=O) groups excluding carboxylic acids is 1. The number of ether oxygens (including phenoxy) is 2. The third kappa shape index (κ3) is 6.14. The third-order valence-corrected chi connectivity index (χ3v) is 5.73. The van der Waals surface area contributed by atoms with Gasteiger partial charge in [-0.2, -0.15) is 9.67 Å². The Balaban J connectivity index is 1.59. The average Bonchev–Trinajstić information content (AvgIpc) is 3.34. The molecule has 190 valence electrons. The number of anilines is 2. The van der Waals surface area contributed by atoms with E-state index in [1.165, 1.54) is 12.1 Å². The molecule has 0 fully saturated rings. The number of nitro benzene ring substituents is 1. The molecule has 0 aliphatic heterocycles. The number of halogens is 1. The molecule has 4 aromatic rings. The number of carbonyl (C=O) groups is 1. The van der Waals surface area contributed by atoms with E-state index in [1.54, 1.807) is 14.2 Å². The second-order valence-corrected chi connectivity index (χ2v) is 8.21. The van der Waals surface area contributed by atoms with Crippen LogP contribution < -0.4 is 20.1 Å². The van der Waals surface area contributed by atoms with Crippen LogP contribution in [-0.4, -0.2) is 39.8 Å². The molecule has 1 heterocycles. The van der Waals surface area contributed by atoms with Crippen molar-refractivity contribution in [3.63, 3.8) is 0 Å². The second-order valence-electron chi connectivity index (χ2n) is 7.80. The number of hydrogen-bond donors (Lipinski definition) is 2. The van der Waals surface area contributed by atoms with Crippen molar-refractivity contribution in [2.75, 3.05) is 24.9 Å². The Morgan fingerprint density at radius 3 is 2.05 bits per heavy atom. The molecule has 0 bridgehead atoms. The minimum atomic E-state index is -0.648. The molecular formula is C25H23ClN6O5. The fraction of sp³-hybridized carbons (Fsp3) is 0.160. The SMILES string of the molecule is COc1ccc(CNc2nc(NCc3ccc(OC)cc3)n(C(=O)c3ccc(Cl)c([N+](=O)[O-])c3)n2)cc1. The molecule has 0 aliphatic carbocycles. The van der Waals surface area contributed by atoms with Gasteiger partial charge in [0.1, 0.15) is 16.5 Å². The molecule has 2 N–H and O–H groups in total. The van der Waals surface area contributed by atoms with Gasteiger partial charge < -0.3 is 20.1 Å². The van der Waals surface area contributed by atoms with E-state index in [1.807, 2.05) is 48.5 Å². The highest BCUT2D eigenvalue weighted by Crippen LogP contribution is 2.26. The van der Waals surface area contributed by atoms with E-state index in [9.17, 15) is 14.9 Å². The average molecular weight is 523 g/mol. The molecule has 0 unspecified atom stereocenters. The molecule has 0 aliphatic rings. The van der Waals surface area contributed by atoms with Crippen molar-refractivity contribution >= 4 is 35.1 Å². The summed E-state index contributed by atoms with van der Waals surface area (Å²) >= 11 is 5.91. The van der Waals surface area contributed by atoms with E-state index < -0.39 is 10.8 Å². The van der Waals surface area contributed by atoms with E-state index in [2.05, 4.69) is 20.7 Å². The summed E-state index contributed by atoms with van der Waals surface area (Å²) in [5.41, 5.74) is 1.52. The second kappa shape index (κ2) is 11.4. The topological polar surface area (TPSA) is 133 Å². The Morgan fingerprint density at radius 2 is 1.51 bits per heavy atom. The molecule has 0 spiro atoms. The zero-order chi connectivity index (χ0) is 26.4. The normalized spacial score (nSPS) is 10.6. The first kappa shape index (κ1) is 25.5. The van der Waals surface area contributed by atoms with Gasteiger partial charge >= 0.3 is 0 Å². The fourth-order valence-electron chi connectivity index (χ4n) is 3.40. The Hall–Kier alpha value is -4.64. The number of nitro groups is 1. The monoisotopic (exact) mass is 522 g/mol. The van der Waals surface area contributed by atoms with Crippen LogP contribution in [0.5, 0.6) is 11.5 Å². The van der Waals surface area contributed by atoms with Crippen molar-refractivity contribution in [1.82, 2.24) is 14.8 Å². The van der Waals surface area contributed by atoms with E-state index in [4.69, 9.17) is 21.1 Å². The highest BCUT2D eigenvalue weighted by atomic mass is 35.5. The largest absolute Gasteiger partial charge is 0.497 e. The lowest BCUT2D eigenvalue weighted by molar-refractivity contribution is -0.384. The van der Waals surface area contributed by atoms with Gasteiger partial charge in [-0.15, -0.1) is 5.10 Å². The first-order valence-corrected chi connectivity index (χ1v) is 11.4. The molecule has 3 aromatic carbocycles. The first-order chi connectivity index (χ1) is 17.9. The molecule has 0 saturated heterocycles. The smallest absolute Gasteiger partial charge is 0.288 e. The van der Waals surface area contributed by atoms with Crippen LogP contribution in [0.3, 0.4) is 0 Å². The quantitative estimate of drug-likeness (QED) is 0.223. The lowest BCUT2D eigenvalue weighted by Crippen LogP contribution is -2.18. The van der Waals surface area contributed by atoms with Crippen LogP contribution in [0.2, 0.25) is 5.02 Å². The molecule has 0 amide bonds. The molecule has 4 rings (SSSR count). The standard InChI is InChI=1S/C25H23ClN6O5/c1-36-19-8-3-16(4-9-19)14-27-24-29-25(28-15-17-5-10-20(37-2)11-6-17)31(30-24)23(33)18-7-12-21(26)22(13-18)32(34)35/h3-13H,14-15H2,1-2H3,(H2,27,28,29,30). The van der Waals surface area contributed by atoms with Crippen LogP contribution in [0.1, 0.15) is 21.5 Å². The van der Waals surface area contributed by atoms with Crippen molar-refractivity contribution in [2.24, 2.45) is 0 Å². The van der Waals surface area contributed by atoms with Crippen LogP contribution in [-0.2, 0) is 13.1 Å². The van der Waals surface area contributed by atoms with Gasteiger partial charge in [0, 0.05) is 24.7 Å². The summed E-state index contributed by atoms with van der Waals surface area (Å²) in [6.45, 7) is 0.737. The summed E-state index contributed by atoms with van der Waals surface area (Å²) in [4.78, 5) is 28.4. The Bertz CT molecular complexity index is 1410. The van der Waals surface area contributed by atoms with Gasteiger partial charge in [-0.1, -0.05) is 35.9 Å². The molecule has 37 heavy (non-hydrogen) atoms. The zero-order valence-electron chi connectivity index (χ0n) is 20.0. The van der Waals surface area contributed by atoms with Crippen molar-refractivity contribution in [3.05, 3.63) is 98.6 Å². The first-order valence-electron chi connectivity index (χ1n) is 11.1. The number of aromatic nitrogens is 3. The van der Waals surface area contributed by atoms with Crippen LogP contribution >= 0.6 is 11.6 Å². The molecule has 0 atom stereocenters. The van der Waals surface area contributed by atoms with Crippen molar-refractivity contribution in [1.29, 1.82) is 0 Å². The van der Waals surface area contributed by atoms with Crippen molar-refractivity contribution in [2.45, 2.75) is 13.1 Å². The number of benzene rings is 3. The molecule has 0 saturated carbocycles. The number of nitrogens with zero attached hydrogens (tertiary/aromatic N) is 4. The summed E-state index contributed by atoms with van der Waals surface area (Å²) in [7, 11) is 3.18. The Morgan fingerprint density at radius 1 is 0.946 bits per heavy atom. The third-order valence-electron chi connectivity index (χ3n) is 5.41. The molecule has 11 nitrogen and oxygen atoms in total. The van der Waals surface area contributed by atoms with Crippen LogP contribution in [0.15, 0.2) is 66.7 Å². The molecule has 1 aromatic heterocycles. The minimum absolute atomic E-state index is 0.0372. The number of methoxy groups -OCH3 is 2. The predicted octanol–water partition coefficient (Wildman–Crippen LogP) is 4.77. The Labute approximate surface area is 217 Å². The number of nitrogens with one attached hydrogen (secondary N) is 2. The fourth-order valence-corrected chi connectivity index (χ4v) is 3.59. The maximum atomic E-state index is 13.3. The maximum Gasteiger partial charge on any atom is 0.288 e. The molecule has 0 radical (unpaired) electrons.